The Morgan fingerprint density at radius 3 is 3.00 bits per heavy atom. The van der Waals surface area contributed by atoms with Crippen molar-refractivity contribution < 1.29 is 14.3 Å². The normalized spacial score (nSPS) is 21.5. The molecule has 5 rings (SSSR count). The van der Waals surface area contributed by atoms with Crippen LogP contribution in [0, 0.1) is 0 Å². The van der Waals surface area contributed by atoms with E-state index in [1.54, 1.807) is 10.9 Å². The number of pyridine rings is 1. The van der Waals surface area contributed by atoms with Crippen molar-refractivity contribution in [3.8, 4) is 17.0 Å². The van der Waals surface area contributed by atoms with E-state index in [9.17, 15) is 4.79 Å². The third-order valence-corrected chi connectivity index (χ3v) is 5.91. The van der Waals surface area contributed by atoms with Crippen LogP contribution < -0.4 is 15.4 Å². The number of alkyl carbamates (subject to hydrolysis) is 1. The summed E-state index contributed by atoms with van der Waals surface area (Å²) in [6.07, 6.45) is 7.48. The van der Waals surface area contributed by atoms with Gasteiger partial charge in [0.2, 0.25) is 5.88 Å². The highest BCUT2D eigenvalue weighted by atomic mass is 16.6. The van der Waals surface area contributed by atoms with Gasteiger partial charge in [0, 0.05) is 48.6 Å². The number of rotatable bonds is 1. The van der Waals surface area contributed by atoms with E-state index in [-0.39, 0.29) is 18.1 Å². The molecule has 0 spiro atoms. The van der Waals surface area contributed by atoms with Crippen molar-refractivity contribution in [1.29, 1.82) is 0 Å². The second-order valence-corrected chi connectivity index (χ2v) is 8.31. The van der Waals surface area contributed by atoms with Gasteiger partial charge in [-0.25, -0.2) is 4.79 Å². The fourth-order valence-electron chi connectivity index (χ4n) is 4.25. The fraction of sp³-hybridized carbons (Fsp3) is 0.455. The molecule has 0 radical (unpaired) electrons. The summed E-state index contributed by atoms with van der Waals surface area (Å²) < 4.78 is 13.4. The average Bonchev–Trinajstić information content (AvgIpc) is 3.52. The van der Waals surface area contributed by atoms with Crippen molar-refractivity contribution in [3.63, 3.8) is 0 Å². The molecule has 1 aliphatic heterocycles. The van der Waals surface area contributed by atoms with E-state index in [1.807, 2.05) is 31.4 Å². The van der Waals surface area contributed by atoms with Crippen LogP contribution in [0.25, 0.3) is 11.1 Å². The molecule has 3 N–H and O–H groups in total. The number of fused-ring (bicyclic) bond motifs is 7. The first-order chi connectivity index (χ1) is 15.6. The van der Waals surface area contributed by atoms with Crippen LogP contribution in [0.15, 0.2) is 30.6 Å². The minimum atomic E-state index is -0.349. The predicted octanol–water partition coefficient (Wildman–Crippen LogP) is 3.48. The predicted molar refractivity (Wildman–Crippen MR) is 118 cm³/mol. The molecular weight excluding hydrogens is 410 g/mol. The Balaban J connectivity index is 1.41. The van der Waals surface area contributed by atoms with Gasteiger partial charge in [-0.1, -0.05) is 0 Å². The number of H-pyrrole nitrogens is 1. The van der Waals surface area contributed by atoms with Gasteiger partial charge in [-0.3, -0.25) is 9.78 Å². The van der Waals surface area contributed by atoms with Crippen LogP contribution in [0.4, 0.5) is 16.4 Å². The molecule has 0 unspecified atom stereocenters. The molecule has 6 bridgehead atoms. The quantitative estimate of drug-likeness (QED) is 0.533. The number of hydrogen-bond acceptors (Lipinski definition) is 7. The summed E-state index contributed by atoms with van der Waals surface area (Å²) >= 11 is 0. The fourth-order valence-corrected chi connectivity index (χ4v) is 4.25. The monoisotopic (exact) mass is 437 g/mol. The van der Waals surface area contributed by atoms with Crippen molar-refractivity contribution in [1.82, 2.24) is 30.3 Å². The molecule has 3 aromatic heterocycles. The first kappa shape index (κ1) is 20.3. The number of amides is 1. The van der Waals surface area contributed by atoms with Crippen LogP contribution in [-0.4, -0.2) is 50.3 Å². The van der Waals surface area contributed by atoms with Gasteiger partial charge >= 0.3 is 6.09 Å². The molecule has 10 heteroatoms. The van der Waals surface area contributed by atoms with Crippen LogP contribution in [0.3, 0.4) is 0 Å². The highest BCUT2D eigenvalue weighted by molar-refractivity contribution is 5.70. The Labute approximate surface area is 185 Å². The van der Waals surface area contributed by atoms with Crippen molar-refractivity contribution in [2.45, 2.75) is 44.1 Å². The Morgan fingerprint density at radius 1 is 1.19 bits per heavy atom. The lowest BCUT2D eigenvalue weighted by molar-refractivity contribution is 0.0999. The summed E-state index contributed by atoms with van der Waals surface area (Å²) in [7, 11) is 1.88. The van der Waals surface area contributed by atoms with Crippen LogP contribution in [0.2, 0.25) is 0 Å². The van der Waals surface area contributed by atoms with Gasteiger partial charge in [0.15, 0.2) is 5.82 Å². The smallest absolute Gasteiger partial charge is 0.407 e. The Hall–Kier alpha value is -3.56. The largest absolute Gasteiger partial charge is 0.477 e. The summed E-state index contributed by atoms with van der Waals surface area (Å²) in [6, 6.07) is 5.89. The average molecular weight is 438 g/mol. The summed E-state index contributed by atoms with van der Waals surface area (Å²) in [5.41, 5.74) is 2.84. The molecule has 0 saturated heterocycles. The zero-order chi connectivity index (χ0) is 21.9. The zero-order valence-corrected chi connectivity index (χ0v) is 18.0. The lowest BCUT2D eigenvalue weighted by Crippen LogP contribution is -2.29. The molecule has 32 heavy (non-hydrogen) atoms. The van der Waals surface area contributed by atoms with Gasteiger partial charge in [0.1, 0.15) is 11.9 Å². The summed E-state index contributed by atoms with van der Waals surface area (Å²) in [4.78, 5) is 16.8. The number of anilines is 2. The molecule has 0 aromatic carbocycles. The molecule has 4 heterocycles. The minimum Gasteiger partial charge on any atom is -0.477 e. The third kappa shape index (κ3) is 4.53. The van der Waals surface area contributed by atoms with Crippen LogP contribution in [0.5, 0.6) is 5.88 Å². The maximum Gasteiger partial charge on any atom is 0.407 e. The third-order valence-electron chi connectivity index (χ3n) is 5.91. The molecule has 168 valence electrons. The van der Waals surface area contributed by atoms with Gasteiger partial charge in [-0.2, -0.15) is 15.2 Å². The second-order valence-electron chi connectivity index (χ2n) is 8.31. The van der Waals surface area contributed by atoms with Crippen molar-refractivity contribution >= 4 is 17.7 Å². The summed E-state index contributed by atoms with van der Waals surface area (Å²) in [5, 5.41) is 17.9. The second kappa shape index (κ2) is 8.89. The first-order valence-corrected chi connectivity index (χ1v) is 11.0. The van der Waals surface area contributed by atoms with Crippen LogP contribution in [-0.2, 0) is 11.8 Å². The number of carbonyl (C=O) groups is 1. The summed E-state index contributed by atoms with van der Waals surface area (Å²) in [6.45, 7) is 1.03. The first-order valence-electron chi connectivity index (χ1n) is 11.0. The number of aromatic amines is 1. The van der Waals surface area contributed by atoms with Gasteiger partial charge in [0.05, 0.1) is 12.8 Å². The van der Waals surface area contributed by atoms with Crippen LogP contribution in [0.1, 0.15) is 43.7 Å². The van der Waals surface area contributed by atoms with Gasteiger partial charge < -0.3 is 20.1 Å². The molecule has 10 nitrogen and oxygen atoms in total. The van der Waals surface area contributed by atoms with E-state index < -0.39 is 0 Å². The van der Waals surface area contributed by atoms with Gasteiger partial charge in [0.25, 0.3) is 0 Å². The Kier molecular flexibility index (Phi) is 5.66. The lowest BCUT2D eigenvalue weighted by atomic mass is 10.0. The topological polar surface area (TPSA) is 119 Å². The minimum absolute atomic E-state index is 0.0637. The van der Waals surface area contributed by atoms with E-state index in [0.29, 0.717) is 30.7 Å². The standard InChI is InChI=1S/C22H27N7O3/c1-29-13-15(12-24-29)17-6-7-19-25-20-11-18(27-28-20)14-4-5-16(10-14)32-22(30)23-8-2-3-9-31-21(17)26-19/h6-7,11-14,16H,2-5,8-10H2,1H3,(H,23,30)(H2,25,26,27,28)/t14-,16+/m0/s1. The molecule has 2 aliphatic rings. The molecule has 1 saturated carbocycles. The van der Waals surface area contributed by atoms with E-state index in [0.717, 1.165) is 48.9 Å². The molecule has 1 aliphatic carbocycles. The number of nitrogens with zero attached hydrogens (tertiary/aromatic N) is 4. The van der Waals surface area contributed by atoms with E-state index in [4.69, 9.17) is 14.5 Å². The van der Waals surface area contributed by atoms with E-state index in [2.05, 4.69) is 25.9 Å². The van der Waals surface area contributed by atoms with Crippen LogP contribution >= 0.6 is 0 Å². The Bertz CT molecular complexity index is 1090. The maximum absolute atomic E-state index is 12.1. The van der Waals surface area contributed by atoms with Gasteiger partial charge in [-0.15, -0.1) is 0 Å². The number of ether oxygens (including phenoxy) is 2. The highest BCUT2D eigenvalue weighted by Crippen LogP contribution is 2.36. The zero-order valence-electron chi connectivity index (χ0n) is 18.0. The highest BCUT2D eigenvalue weighted by Gasteiger charge is 2.30. The number of hydrogen-bond donors (Lipinski definition) is 3. The van der Waals surface area contributed by atoms with Crippen molar-refractivity contribution in [2.75, 3.05) is 18.5 Å². The molecule has 3 aromatic rings. The number of aromatic nitrogens is 5. The van der Waals surface area contributed by atoms with E-state index >= 15 is 0 Å². The SMILES string of the molecule is Cn1cc(-c2ccc3nc2OCCCCNC(=O)O[C@@H]2CC[C@@H](C2)c2cc(n[nH]2)N3)cn1. The summed E-state index contributed by atoms with van der Waals surface area (Å²) in [5.74, 6) is 2.17. The number of aryl methyl sites for hydroxylation is 1. The number of nitrogens with one attached hydrogen (secondary N) is 3. The maximum atomic E-state index is 12.1. The molecule has 1 fully saturated rings. The molecule has 2 atom stereocenters. The molecule has 1 amide bonds. The Morgan fingerprint density at radius 2 is 2.12 bits per heavy atom. The molecular formula is C22H27N7O3. The van der Waals surface area contributed by atoms with Gasteiger partial charge in [-0.05, 0) is 44.2 Å². The van der Waals surface area contributed by atoms with Crippen molar-refractivity contribution in [3.05, 3.63) is 36.3 Å². The van der Waals surface area contributed by atoms with Crippen molar-refractivity contribution in [2.24, 2.45) is 7.05 Å². The number of carbonyl (C=O) groups excluding carboxylic acids is 1. The lowest BCUT2D eigenvalue weighted by Gasteiger charge is -2.14. The van der Waals surface area contributed by atoms with E-state index in [1.165, 1.54) is 0 Å².